The summed E-state index contributed by atoms with van der Waals surface area (Å²) in [7, 11) is 1.72. The predicted octanol–water partition coefficient (Wildman–Crippen LogP) is 4.08. The lowest BCUT2D eigenvalue weighted by atomic mass is 9.94. The molecule has 0 spiro atoms. The first-order valence-electron chi connectivity index (χ1n) is 6.70. The molecule has 0 heterocycles. The Hall–Kier alpha value is -1.74. The molecule has 0 aromatic heterocycles. The summed E-state index contributed by atoms with van der Waals surface area (Å²) in [5, 5.41) is 3.02. The minimum absolute atomic E-state index is 0.107. The molecule has 0 saturated heterocycles. The van der Waals surface area contributed by atoms with Crippen molar-refractivity contribution in [2.75, 3.05) is 7.05 Å². The maximum atomic E-state index is 13.9. The van der Waals surface area contributed by atoms with Gasteiger partial charge in [0.25, 0.3) is 0 Å². The van der Waals surface area contributed by atoms with E-state index in [0.717, 1.165) is 16.7 Å². The topological polar surface area (TPSA) is 12.0 Å². The third-order valence-electron chi connectivity index (χ3n) is 3.63. The zero-order valence-corrected chi connectivity index (χ0v) is 12.0. The SMILES string of the molecule is CNC(Cc1cc(C)ccc1C)c1c(F)cccc1F. The summed E-state index contributed by atoms with van der Waals surface area (Å²) in [5.41, 5.74) is 3.49. The molecule has 20 heavy (non-hydrogen) atoms. The Bertz CT molecular complexity index is 588. The van der Waals surface area contributed by atoms with Gasteiger partial charge in [-0.1, -0.05) is 29.8 Å². The van der Waals surface area contributed by atoms with Gasteiger partial charge in [0.2, 0.25) is 0 Å². The summed E-state index contributed by atoms with van der Waals surface area (Å²) in [5.74, 6) is -1.01. The average molecular weight is 275 g/mol. The van der Waals surface area contributed by atoms with E-state index in [1.54, 1.807) is 7.05 Å². The molecule has 0 aliphatic heterocycles. The van der Waals surface area contributed by atoms with E-state index in [2.05, 4.69) is 11.4 Å². The maximum absolute atomic E-state index is 13.9. The highest BCUT2D eigenvalue weighted by Crippen LogP contribution is 2.25. The molecule has 2 aromatic rings. The van der Waals surface area contributed by atoms with Gasteiger partial charge in [0.15, 0.2) is 0 Å². The molecule has 0 amide bonds. The lowest BCUT2D eigenvalue weighted by Gasteiger charge is -2.19. The molecular weight excluding hydrogens is 256 g/mol. The van der Waals surface area contributed by atoms with Crippen LogP contribution in [0.15, 0.2) is 36.4 Å². The number of hydrogen-bond donors (Lipinski definition) is 1. The second-order valence-corrected chi connectivity index (χ2v) is 5.11. The molecule has 2 rings (SSSR count). The standard InChI is InChI=1S/C17H19F2N/c1-11-7-8-12(2)13(9-11)10-16(20-3)17-14(18)5-4-6-15(17)19/h4-9,16,20H,10H2,1-3H3. The Labute approximate surface area is 118 Å². The van der Waals surface area contributed by atoms with Gasteiger partial charge in [-0.15, -0.1) is 0 Å². The molecule has 0 radical (unpaired) electrons. The molecule has 0 aliphatic rings. The Morgan fingerprint density at radius 3 is 2.30 bits per heavy atom. The normalized spacial score (nSPS) is 12.4. The van der Waals surface area contributed by atoms with Crippen molar-refractivity contribution in [2.45, 2.75) is 26.3 Å². The molecule has 1 nitrogen and oxygen atoms in total. The van der Waals surface area contributed by atoms with E-state index < -0.39 is 11.6 Å². The lowest BCUT2D eigenvalue weighted by molar-refractivity contribution is 0.489. The Balaban J connectivity index is 2.36. The number of hydrogen-bond acceptors (Lipinski definition) is 1. The van der Waals surface area contributed by atoms with E-state index in [4.69, 9.17) is 0 Å². The van der Waals surface area contributed by atoms with Crippen LogP contribution in [0, 0.1) is 25.5 Å². The lowest BCUT2D eigenvalue weighted by Crippen LogP contribution is -2.22. The molecule has 3 heteroatoms. The Morgan fingerprint density at radius 2 is 1.70 bits per heavy atom. The first kappa shape index (κ1) is 14.7. The summed E-state index contributed by atoms with van der Waals surface area (Å²) < 4.78 is 27.8. The van der Waals surface area contributed by atoms with Gasteiger partial charge in [-0.25, -0.2) is 8.78 Å². The fourth-order valence-electron chi connectivity index (χ4n) is 2.43. The van der Waals surface area contributed by atoms with Crippen LogP contribution in [-0.2, 0) is 6.42 Å². The average Bonchev–Trinajstić information content (AvgIpc) is 2.41. The Morgan fingerprint density at radius 1 is 1.05 bits per heavy atom. The van der Waals surface area contributed by atoms with Crippen LogP contribution in [0.4, 0.5) is 8.78 Å². The van der Waals surface area contributed by atoms with Gasteiger partial charge in [-0.05, 0) is 50.6 Å². The van der Waals surface area contributed by atoms with Crippen LogP contribution in [0.1, 0.15) is 28.3 Å². The van der Waals surface area contributed by atoms with Crippen molar-refractivity contribution < 1.29 is 8.78 Å². The van der Waals surface area contributed by atoms with E-state index in [1.807, 2.05) is 26.0 Å². The molecule has 0 aliphatic carbocycles. The van der Waals surface area contributed by atoms with Crippen molar-refractivity contribution in [1.82, 2.24) is 5.32 Å². The summed E-state index contributed by atoms with van der Waals surface area (Å²) in [6, 6.07) is 9.75. The number of rotatable bonds is 4. The van der Waals surface area contributed by atoms with Crippen LogP contribution in [0.25, 0.3) is 0 Å². The Kier molecular flexibility index (Phi) is 4.50. The van der Waals surface area contributed by atoms with Crippen molar-refractivity contribution in [3.05, 3.63) is 70.3 Å². The number of halogens is 2. The van der Waals surface area contributed by atoms with E-state index >= 15 is 0 Å². The zero-order chi connectivity index (χ0) is 14.7. The molecule has 1 unspecified atom stereocenters. The first-order valence-corrected chi connectivity index (χ1v) is 6.70. The van der Waals surface area contributed by atoms with Crippen LogP contribution >= 0.6 is 0 Å². The van der Waals surface area contributed by atoms with Crippen LogP contribution in [0.5, 0.6) is 0 Å². The van der Waals surface area contributed by atoms with Crippen molar-refractivity contribution in [2.24, 2.45) is 0 Å². The van der Waals surface area contributed by atoms with Gasteiger partial charge in [0.05, 0.1) is 0 Å². The summed E-state index contributed by atoms with van der Waals surface area (Å²) >= 11 is 0. The highest BCUT2D eigenvalue weighted by molar-refractivity contribution is 5.33. The number of aryl methyl sites for hydroxylation is 2. The van der Waals surface area contributed by atoms with Gasteiger partial charge in [0.1, 0.15) is 11.6 Å². The molecule has 106 valence electrons. The predicted molar refractivity (Wildman–Crippen MR) is 77.8 cm³/mol. The smallest absolute Gasteiger partial charge is 0.130 e. The molecule has 0 fully saturated rings. The summed E-state index contributed by atoms with van der Waals surface area (Å²) in [4.78, 5) is 0. The summed E-state index contributed by atoms with van der Waals surface area (Å²) in [6.07, 6.45) is 0.557. The van der Waals surface area contributed by atoms with Crippen LogP contribution in [0.3, 0.4) is 0 Å². The second kappa shape index (κ2) is 6.14. The van der Waals surface area contributed by atoms with Crippen LogP contribution in [0.2, 0.25) is 0 Å². The monoisotopic (exact) mass is 275 g/mol. The van der Waals surface area contributed by atoms with Crippen LogP contribution in [-0.4, -0.2) is 7.05 Å². The van der Waals surface area contributed by atoms with Crippen molar-refractivity contribution in [1.29, 1.82) is 0 Å². The van der Waals surface area contributed by atoms with E-state index in [1.165, 1.54) is 18.2 Å². The van der Waals surface area contributed by atoms with E-state index in [9.17, 15) is 8.78 Å². The maximum Gasteiger partial charge on any atom is 0.130 e. The van der Waals surface area contributed by atoms with E-state index in [0.29, 0.717) is 6.42 Å². The van der Waals surface area contributed by atoms with Crippen molar-refractivity contribution >= 4 is 0 Å². The van der Waals surface area contributed by atoms with E-state index in [-0.39, 0.29) is 11.6 Å². The second-order valence-electron chi connectivity index (χ2n) is 5.11. The summed E-state index contributed by atoms with van der Waals surface area (Å²) in [6.45, 7) is 4.03. The molecule has 1 N–H and O–H groups in total. The fourth-order valence-corrected chi connectivity index (χ4v) is 2.43. The molecule has 0 saturated carbocycles. The number of likely N-dealkylation sites (N-methyl/N-ethyl adjacent to an activating group) is 1. The van der Waals surface area contributed by atoms with Gasteiger partial charge < -0.3 is 5.32 Å². The quantitative estimate of drug-likeness (QED) is 0.886. The number of benzene rings is 2. The minimum atomic E-state index is -0.505. The van der Waals surface area contributed by atoms with Gasteiger partial charge in [-0.2, -0.15) is 0 Å². The zero-order valence-electron chi connectivity index (χ0n) is 12.0. The van der Waals surface area contributed by atoms with Crippen molar-refractivity contribution in [3.63, 3.8) is 0 Å². The molecule has 0 bridgehead atoms. The van der Waals surface area contributed by atoms with Gasteiger partial charge in [0, 0.05) is 11.6 Å². The minimum Gasteiger partial charge on any atom is -0.313 e. The molecule has 2 aromatic carbocycles. The highest BCUT2D eigenvalue weighted by atomic mass is 19.1. The van der Waals surface area contributed by atoms with Crippen molar-refractivity contribution in [3.8, 4) is 0 Å². The van der Waals surface area contributed by atoms with Crippen LogP contribution < -0.4 is 5.32 Å². The highest BCUT2D eigenvalue weighted by Gasteiger charge is 2.19. The first-order chi connectivity index (χ1) is 9.52. The fraction of sp³-hybridized carbons (Fsp3) is 0.294. The van der Waals surface area contributed by atoms with Gasteiger partial charge >= 0.3 is 0 Å². The molecule has 1 atom stereocenters. The third kappa shape index (κ3) is 3.05. The third-order valence-corrected chi connectivity index (χ3v) is 3.63. The molecular formula is C17H19F2N. The number of nitrogens with one attached hydrogen (secondary N) is 1. The largest absolute Gasteiger partial charge is 0.313 e. The van der Waals surface area contributed by atoms with Gasteiger partial charge in [-0.3, -0.25) is 0 Å².